The van der Waals surface area contributed by atoms with Crippen LogP contribution in [0.1, 0.15) is 5.56 Å². The first-order chi connectivity index (χ1) is 11.3. The van der Waals surface area contributed by atoms with Crippen molar-refractivity contribution in [1.29, 1.82) is 0 Å². The van der Waals surface area contributed by atoms with Crippen molar-refractivity contribution in [2.24, 2.45) is 0 Å². The maximum absolute atomic E-state index is 2.27. The van der Waals surface area contributed by atoms with Gasteiger partial charge in [0.1, 0.15) is 0 Å². The smallest absolute Gasteiger partial charge is 0.0178 e. The molecule has 0 amide bonds. The Kier molecular flexibility index (Phi) is 3.44. The van der Waals surface area contributed by atoms with Gasteiger partial charge in [0.15, 0.2) is 0 Å². The lowest BCUT2D eigenvalue weighted by Crippen LogP contribution is -1.82. The van der Waals surface area contributed by atoms with Gasteiger partial charge in [-0.3, -0.25) is 0 Å². The minimum atomic E-state index is 1.26. The fourth-order valence-corrected chi connectivity index (χ4v) is 3.03. The molecule has 0 fully saturated rings. The molecule has 0 aliphatic heterocycles. The number of aryl methyl sites for hydroxylation is 1. The van der Waals surface area contributed by atoms with E-state index in [1.54, 1.807) is 0 Å². The molecule has 0 bridgehead atoms. The Morgan fingerprint density at radius 1 is 0.435 bits per heavy atom. The topological polar surface area (TPSA) is 0 Å². The molecular weight excluding hydrogens is 276 g/mol. The van der Waals surface area contributed by atoms with Crippen molar-refractivity contribution in [3.63, 3.8) is 0 Å². The van der Waals surface area contributed by atoms with Crippen molar-refractivity contribution >= 4 is 10.8 Å². The van der Waals surface area contributed by atoms with Gasteiger partial charge < -0.3 is 0 Å². The Labute approximate surface area is 137 Å². The number of hydrogen-bond acceptors (Lipinski definition) is 0. The van der Waals surface area contributed by atoms with Crippen LogP contribution >= 0.6 is 0 Å². The molecule has 0 heterocycles. The van der Waals surface area contributed by atoms with Gasteiger partial charge in [0.25, 0.3) is 0 Å². The summed E-state index contributed by atoms with van der Waals surface area (Å²) < 4.78 is 0. The summed E-state index contributed by atoms with van der Waals surface area (Å²) in [5, 5.41) is 2.59. The third-order valence-electron chi connectivity index (χ3n) is 4.32. The Balaban J connectivity index is 1.72. The molecule has 4 aromatic rings. The lowest BCUT2D eigenvalue weighted by atomic mass is 9.98. The SMILES string of the molecule is Cc1ccc2cc(-c3ccc(-c4ccccc4)cc3)ccc2c1. The van der Waals surface area contributed by atoms with Crippen LogP contribution in [0.2, 0.25) is 0 Å². The zero-order chi connectivity index (χ0) is 15.6. The van der Waals surface area contributed by atoms with Crippen LogP contribution < -0.4 is 0 Å². The molecule has 0 nitrogen and oxygen atoms in total. The van der Waals surface area contributed by atoms with E-state index in [1.165, 1.54) is 38.6 Å². The van der Waals surface area contributed by atoms with Gasteiger partial charge >= 0.3 is 0 Å². The fraction of sp³-hybridized carbons (Fsp3) is 0.0435. The van der Waals surface area contributed by atoms with Crippen molar-refractivity contribution in [3.05, 3.63) is 96.6 Å². The van der Waals surface area contributed by atoms with E-state index in [0.29, 0.717) is 0 Å². The van der Waals surface area contributed by atoms with Crippen molar-refractivity contribution < 1.29 is 0 Å². The lowest BCUT2D eigenvalue weighted by molar-refractivity contribution is 1.50. The second-order valence-electron chi connectivity index (χ2n) is 6.01. The Morgan fingerprint density at radius 3 is 1.70 bits per heavy atom. The van der Waals surface area contributed by atoms with Crippen LogP contribution in [0.5, 0.6) is 0 Å². The molecule has 0 heteroatoms. The zero-order valence-electron chi connectivity index (χ0n) is 13.2. The Hall–Kier alpha value is -2.86. The van der Waals surface area contributed by atoms with Gasteiger partial charge in [-0.25, -0.2) is 0 Å². The van der Waals surface area contributed by atoms with Gasteiger partial charge in [-0.15, -0.1) is 0 Å². The minimum Gasteiger partial charge on any atom is -0.0622 e. The van der Waals surface area contributed by atoms with Crippen molar-refractivity contribution in [1.82, 2.24) is 0 Å². The second-order valence-corrected chi connectivity index (χ2v) is 6.01. The van der Waals surface area contributed by atoms with E-state index in [-0.39, 0.29) is 0 Å². The predicted molar refractivity (Wildman–Crippen MR) is 99.6 cm³/mol. The van der Waals surface area contributed by atoms with E-state index in [4.69, 9.17) is 0 Å². The second kappa shape index (κ2) is 5.73. The van der Waals surface area contributed by atoms with Crippen LogP contribution in [0.15, 0.2) is 91.0 Å². The summed E-state index contributed by atoms with van der Waals surface area (Å²) >= 11 is 0. The van der Waals surface area contributed by atoms with Gasteiger partial charge in [-0.05, 0) is 46.0 Å². The molecule has 4 aromatic carbocycles. The molecule has 0 spiro atoms. The van der Waals surface area contributed by atoms with Crippen molar-refractivity contribution in [2.45, 2.75) is 6.92 Å². The van der Waals surface area contributed by atoms with Crippen LogP contribution in [-0.4, -0.2) is 0 Å². The molecule has 0 unspecified atom stereocenters. The van der Waals surface area contributed by atoms with Gasteiger partial charge in [0.05, 0.1) is 0 Å². The van der Waals surface area contributed by atoms with Gasteiger partial charge in [0, 0.05) is 0 Å². The minimum absolute atomic E-state index is 1.26. The van der Waals surface area contributed by atoms with Crippen molar-refractivity contribution in [2.75, 3.05) is 0 Å². The first-order valence-electron chi connectivity index (χ1n) is 7.96. The maximum Gasteiger partial charge on any atom is -0.0178 e. The molecule has 0 aromatic heterocycles. The van der Waals surface area contributed by atoms with Gasteiger partial charge in [0.2, 0.25) is 0 Å². The van der Waals surface area contributed by atoms with E-state index < -0.39 is 0 Å². The first-order valence-corrected chi connectivity index (χ1v) is 7.96. The van der Waals surface area contributed by atoms with E-state index in [1.807, 2.05) is 0 Å². The summed E-state index contributed by atoms with van der Waals surface area (Å²) in [6, 6.07) is 32.6. The molecule has 0 saturated heterocycles. The standard InChI is InChI=1S/C23H18/c1-17-7-8-23-16-22(14-13-21(23)15-17)20-11-9-19(10-12-20)18-5-3-2-4-6-18/h2-16H,1H3. The highest BCUT2D eigenvalue weighted by atomic mass is 14.1. The quantitative estimate of drug-likeness (QED) is 0.397. The molecule has 0 saturated carbocycles. The molecule has 4 rings (SSSR count). The maximum atomic E-state index is 2.27. The van der Waals surface area contributed by atoms with Gasteiger partial charge in [-0.2, -0.15) is 0 Å². The molecule has 0 radical (unpaired) electrons. The summed E-state index contributed by atoms with van der Waals surface area (Å²) in [4.78, 5) is 0. The van der Waals surface area contributed by atoms with Crippen LogP contribution in [-0.2, 0) is 0 Å². The molecule has 23 heavy (non-hydrogen) atoms. The molecular formula is C23H18. The summed E-state index contributed by atoms with van der Waals surface area (Å²) in [5.41, 5.74) is 6.34. The monoisotopic (exact) mass is 294 g/mol. The number of rotatable bonds is 2. The number of benzene rings is 4. The highest BCUT2D eigenvalue weighted by Gasteiger charge is 2.02. The zero-order valence-corrected chi connectivity index (χ0v) is 13.2. The first kappa shape index (κ1) is 13.8. The summed E-state index contributed by atoms with van der Waals surface area (Å²) in [6.07, 6.45) is 0. The van der Waals surface area contributed by atoms with Gasteiger partial charge in [-0.1, -0.05) is 90.5 Å². The lowest BCUT2D eigenvalue weighted by Gasteiger charge is -2.07. The average Bonchev–Trinajstić information content (AvgIpc) is 2.62. The Bertz CT molecular complexity index is 948. The molecule has 0 aliphatic rings. The normalized spacial score (nSPS) is 10.8. The van der Waals surface area contributed by atoms with E-state index in [2.05, 4.69) is 97.9 Å². The molecule has 0 aliphatic carbocycles. The molecule has 0 atom stereocenters. The Morgan fingerprint density at radius 2 is 0.957 bits per heavy atom. The van der Waals surface area contributed by atoms with E-state index in [0.717, 1.165) is 0 Å². The molecule has 0 N–H and O–H groups in total. The van der Waals surface area contributed by atoms with Crippen LogP contribution in [0.25, 0.3) is 33.0 Å². The highest BCUT2D eigenvalue weighted by Crippen LogP contribution is 2.27. The third-order valence-corrected chi connectivity index (χ3v) is 4.32. The van der Waals surface area contributed by atoms with E-state index in [9.17, 15) is 0 Å². The largest absolute Gasteiger partial charge is 0.0622 e. The third kappa shape index (κ3) is 2.76. The average molecular weight is 294 g/mol. The fourth-order valence-electron chi connectivity index (χ4n) is 3.03. The van der Waals surface area contributed by atoms with E-state index >= 15 is 0 Å². The number of fused-ring (bicyclic) bond motifs is 1. The van der Waals surface area contributed by atoms with Crippen LogP contribution in [0.4, 0.5) is 0 Å². The summed E-state index contributed by atoms with van der Waals surface area (Å²) in [5.74, 6) is 0. The molecule has 110 valence electrons. The highest BCUT2D eigenvalue weighted by molar-refractivity contribution is 5.88. The summed E-state index contributed by atoms with van der Waals surface area (Å²) in [6.45, 7) is 2.13. The van der Waals surface area contributed by atoms with Crippen LogP contribution in [0.3, 0.4) is 0 Å². The van der Waals surface area contributed by atoms with Crippen molar-refractivity contribution in [3.8, 4) is 22.3 Å². The summed E-state index contributed by atoms with van der Waals surface area (Å²) in [7, 11) is 0. The predicted octanol–water partition coefficient (Wildman–Crippen LogP) is 6.48. The van der Waals surface area contributed by atoms with Crippen LogP contribution in [0, 0.1) is 6.92 Å². The number of hydrogen-bond donors (Lipinski definition) is 0.